The van der Waals surface area contributed by atoms with E-state index in [0.29, 0.717) is 40.5 Å². The number of nitrogens with one attached hydrogen (secondary N) is 1. The van der Waals surface area contributed by atoms with Gasteiger partial charge in [-0.1, -0.05) is 55.5 Å². The number of fused-ring (bicyclic) bond motifs is 2. The van der Waals surface area contributed by atoms with Crippen molar-refractivity contribution in [3.05, 3.63) is 102 Å². The molecule has 8 heteroatoms. The maximum Gasteiger partial charge on any atom is 0.408 e. The van der Waals surface area contributed by atoms with Gasteiger partial charge in [0, 0.05) is 29.6 Å². The largest absolute Gasteiger partial charge is 0.493 e. The Morgan fingerprint density at radius 3 is 2.49 bits per heavy atom. The molecule has 0 radical (unpaired) electrons. The smallest absolute Gasteiger partial charge is 0.408 e. The molecule has 1 N–H and O–H groups in total. The minimum absolute atomic E-state index is 0.107. The summed E-state index contributed by atoms with van der Waals surface area (Å²) in [5, 5.41) is 5.54. The van der Waals surface area contributed by atoms with Crippen LogP contribution >= 0.6 is 0 Å². The van der Waals surface area contributed by atoms with Crippen molar-refractivity contribution < 1.29 is 28.5 Å². The molecule has 1 heterocycles. The molecule has 0 atom stereocenters. The first-order valence-electron chi connectivity index (χ1n) is 14.3. The minimum atomic E-state index is -0.482. The van der Waals surface area contributed by atoms with E-state index in [9.17, 15) is 9.59 Å². The Morgan fingerprint density at radius 2 is 1.72 bits per heavy atom. The standard InChI is InChI=1S/C35H32N2O6/c1-3-30(38)27-11-7-10-24-18-25(12-13-26(24)27)43-31-14-17-36-29-20-33(32(40-2)19-28(29)31)42-22-35(15-16-35)37-34(39)41-21-23-8-5-4-6-9-23/h4-14,17-20H,3,15-16,21-22H2,1-2H3,(H,37,39). The van der Waals surface area contributed by atoms with Crippen molar-refractivity contribution in [1.29, 1.82) is 0 Å². The molecule has 0 aliphatic heterocycles. The number of rotatable bonds is 11. The normalized spacial score (nSPS) is 13.3. The van der Waals surface area contributed by atoms with Crippen LogP contribution in [0, 0.1) is 0 Å². The molecule has 1 fully saturated rings. The van der Waals surface area contributed by atoms with E-state index in [0.717, 1.165) is 34.6 Å². The van der Waals surface area contributed by atoms with E-state index in [1.165, 1.54) is 0 Å². The van der Waals surface area contributed by atoms with Gasteiger partial charge in [-0.3, -0.25) is 9.78 Å². The fourth-order valence-electron chi connectivity index (χ4n) is 5.02. The highest BCUT2D eigenvalue weighted by Gasteiger charge is 2.45. The molecule has 43 heavy (non-hydrogen) atoms. The molecule has 1 saturated carbocycles. The zero-order chi connectivity index (χ0) is 29.8. The lowest BCUT2D eigenvalue weighted by Gasteiger charge is -2.19. The van der Waals surface area contributed by atoms with Crippen molar-refractivity contribution in [3.8, 4) is 23.0 Å². The highest BCUT2D eigenvalue weighted by atomic mass is 16.6. The summed E-state index contributed by atoms with van der Waals surface area (Å²) in [5.41, 5.74) is 1.83. The van der Waals surface area contributed by atoms with Crippen molar-refractivity contribution in [2.45, 2.75) is 38.3 Å². The van der Waals surface area contributed by atoms with Gasteiger partial charge in [-0.05, 0) is 59.5 Å². The maximum atomic E-state index is 12.4. The van der Waals surface area contributed by atoms with E-state index in [1.807, 2.05) is 85.8 Å². The summed E-state index contributed by atoms with van der Waals surface area (Å²) >= 11 is 0. The third-order valence-corrected chi connectivity index (χ3v) is 7.63. The molecule has 6 rings (SSSR count). The number of hydrogen-bond donors (Lipinski definition) is 1. The Bertz CT molecular complexity index is 1800. The molecule has 4 aromatic carbocycles. The first-order chi connectivity index (χ1) is 21.0. The van der Waals surface area contributed by atoms with Crippen LogP contribution in [0.4, 0.5) is 4.79 Å². The Kier molecular flexibility index (Phi) is 7.83. The van der Waals surface area contributed by atoms with Crippen LogP contribution in [0.2, 0.25) is 0 Å². The Morgan fingerprint density at radius 1 is 0.884 bits per heavy atom. The van der Waals surface area contributed by atoms with E-state index in [1.54, 1.807) is 19.4 Å². The Hall–Kier alpha value is -5.11. The third kappa shape index (κ3) is 6.23. The molecule has 1 aromatic heterocycles. The lowest BCUT2D eigenvalue weighted by atomic mass is 10.00. The lowest BCUT2D eigenvalue weighted by Crippen LogP contribution is -2.41. The van der Waals surface area contributed by atoms with Crippen LogP contribution in [0.1, 0.15) is 42.1 Å². The molecule has 0 bridgehead atoms. The molecule has 0 spiro atoms. The average molecular weight is 577 g/mol. The Balaban J connectivity index is 1.17. The summed E-state index contributed by atoms with van der Waals surface area (Å²) in [6.45, 7) is 2.34. The average Bonchev–Trinajstić information content (AvgIpc) is 3.81. The number of carbonyl (C=O) groups excluding carboxylic acids is 2. The number of aromatic nitrogens is 1. The number of ketones is 1. The quantitative estimate of drug-likeness (QED) is 0.162. The molecular formula is C35H32N2O6. The van der Waals surface area contributed by atoms with Gasteiger partial charge in [0.2, 0.25) is 0 Å². The molecule has 218 valence electrons. The Labute approximate surface area is 249 Å². The summed E-state index contributed by atoms with van der Waals surface area (Å²) in [6.07, 6.45) is 3.24. The number of methoxy groups -OCH3 is 1. The second-order valence-corrected chi connectivity index (χ2v) is 10.7. The van der Waals surface area contributed by atoms with E-state index in [2.05, 4.69) is 10.3 Å². The summed E-state index contributed by atoms with van der Waals surface area (Å²) in [4.78, 5) is 29.4. The predicted octanol–water partition coefficient (Wildman–Crippen LogP) is 7.62. The van der Waals surface area contributed by atoms with Gasteiger partial charge in [0.1, 0.15) is 24.7 Å². The minimum Gasteiger partial charge on any atom is -0.493 e. The lowest BCUT2D eigenvalue weighted by molar-refractivity contribution is 0.0989. The van der Waals surface area contributed by atoms with E-state index >= 15 is 0 Å². The number of hydrogen-bond acceptors (Lipinski definition) is 7. The van der Waals surface area contributed by atoms with Crippen LogP contribution < -0.4 is 19.5 Å². The van der Waals surface area contributed by atoms with Crippen LogP contribution in [-0.4, -0.2) is 36.1 Å². The summed E-state index contributed by atoms with van der Waals surface area (Å²) in [5.74, 6) is 2.40. The zero-order valence-electron chi connectivity index (χ0n) is 24.1. The fourth-order valence-corrected chi connectivity index (χ4v) is 5.02. The third-order valence-electron chi connectivity index (χ3n) is 7.63. The molecule has 1 aliphatic carbocycles. The van der Waals surface area contributed by atoms with Gasteiger partial charge in [-0.15, -0.1) is 0 Å². The van der Waals surface area contributed by atoms with Crippen molar-refractivity contribution in [2.75, 3.05) is 13.7 Å². The molecule has 8 nitrogen and oxygen atoms in total. The number of carbonyl (C=O) groups is 2. The summed E-state index contributed by atoms with van der Waals surface area (Å²) < 4.78 is 23.5. The fraction of sp³-hybridized carbons (Fsp3) is 0.229. The van der Waals surface area contributed by atoms with E-state index < -0.39 is 11.6 Å². The van der Waals surface area contributed by atoms with Crippen LogP contribution in [0.3, 0.4) is 0 Å². The van der Waals surface area contributed by atoms with E-state index in [4.69, 9.17) is 18.9 Å². The van der Waals surface area contributed by atoms with Gasteiger partial charge in [0.05, 0.1) is 18.2 Å². The van der Waals surface area contributed by atoms with Crippen molar-refractivity contribution in [2.24, 2.45) is 0 Å². The van der Waals surface area contributed by atoms with Gasteiger partial charge in [-0.2, -0.15) is 0 Å². The summed E-state index contributed by atoms with van der Waals surface area (Å²) in [6, 6.07) is 26.4. The highest BCUT2D eigenvalue weighted by Crippen LogP contribution is 2.40. The number of pyridine rings is 1. The van der Waals surface area contributed by atoms with Crippen molar-refractivity contribution >= 4 is 33.6 Å². The first-order valence-corrected chi connectivity index (χ1v) is 14.3. The second-order valence-electron chi connectivity index (χ2n) is 10.7. The number of Topliss-reactive ketones (excluding diaryl/α,β-unsaturated/α-hetero) is 1. The topological polar surface area (TPSA) is 96.0 Å². The number of nitrogens with zero attached hydrogens (tertiary/aromatic N) is 1. The molecule has 1 aliphatic rings. The maximum absolute atomic E-state index is 12.4. The van der Waals surface area contributed by atoms with Crippen LogP contribution in [-0.2, 0) is 11.3 Å². The summed E-state index contributed by atoms with van der Waals surface area (Å²) in [7, 11) is 1.58. The van der Waals surface area contributed by atoms with Crippen LogP contribution in [0.25, 0.3) is 21.7 Å². The SMILES string of the molecule is CCC(=O)c1cccc2cc(Oc3ccnc4cc(OCC5(NC(=O)OCc6ccccc6)CC5)c(OC)cc34)ccc12. The molecule has 1 amide bonds. The first kappa shape index (κ1) is 28.0. The van der Waals surface area contributed by atoms with Crippen LogP contribution in [0.15, 0.2) is 91.1 Å². The molecular weight excluding hydrogens is 544 g/mol. The number of benzene rings is 4. The predicted molar refractivity (Wildman–Crippen MR) is 164 cm³/mol. The molecule has 5 aromatic rings. The highest BCUT2D eigenvalue weighted by molar-refractivity contribution is 6.08. The van der Waals surface area contributed by atoms with Gasteiger partial charge in [0.25, 0.3) is 0 Å². The van der Waals surface area contributed by atoms with Gasteiger partial charge in [0.15, 0.2) is 17.3 Å². The van der Waals surface area contributed by atoms with Crippen molar-refractivity contribution in [3.63, 3.8) is 0 Å². The van der Waals surface area contributed by atoms with Crippen molar-refractivity contribution in [1.82, 2.24) is 10.3 Å². The number of ether oxygens (including phenoxy) is 4. The van der Waals surface area contributed by atoms with Crippen LogP contribution in [0.5, 0.6) is 23.0 Å². The number of alkyl carbamates (subject to hydrolysis) is 1. The van der Waals surface area contributed by atoms with Gasteiger partial charge in [-0.25, -0.2) is 4.79 Å². The second kappa shape index (κ2) is 12.0. The monoisotopic (exact) mass is 576 g/mol. The van der Waals surface area contributed by atoms with E-state index in [-0.39, 0.29) is 19.0 Å². The van der Waals surface area contributed by atoms with Gasteiger partial charge < -0.3 is 24.3 Å². The zero-order valence-corrected chi connectivity index (χ0v) is 24.1. The molecule has 0 unspecified atom stereocenters. The number of amides is 1. The van der Waals surface area contributed by atoms with Gasteiger partial charge >= 0.3 is 6.09 Å². The molecule has 0 saturated heterocycles.